The number of anilines is 1. The van der Waals surface area contributed by atoms with Crippen molar-refractivity contribution in [3.05, 3.63) is 36.0 Å². The summed E-state index contributed by atoms with van der Waals surface area (Å²) in [6, 6.07) is 10.5. The van der Waals surface area contributed by atoms with Crippen molar-refractivity contribution in [2.75, 3.05) is 11.9 Å². The summed E-state index contributed by atoms with van der Waals surface area (Å²) in [6.07, 6.45) is 1.04. The van der Waals surface area contributed by atoms with E-state index in [0.29, 0.717) is 5.92 Å². The Morgan fingerprint density at radius 2 is 2.00 bits per heavy atom. The first-order chi connectivity index (χ1) is 9.06. The minimum absolute atomic E-state index is 0.187. The topological polar surface area (TPSA) is 50.9 Å². The zero-order chi connectivity index (χ0) is 13.8. The van der Waals surface area contributed by atoms with Crippen LogP contribution in [0.4, 0.5) is 5.69 Å². The normalized spacial score (nSPS) is 12.9. The van der Waals surface area contributed by atoms with Gasteiger partial charge in [-0.15, -0.1) is 0 Å². The molecule has 102 valence electrons. The Morgan fingerprint density at radius 1 is 1.26 bits per heavy atom. The molecule has 0 aliphatic rings. The molecule has 1 unspecified atom stereocenters. The molecule has 1 heterocycles. The van der Waals surface area contributed by atoms with Crippen molar-refractivity contribution in [2.45, 2.75) is 33.2 Å². The van der Waals surface area contributed by atoms with Gasteiger partial charge in [0.1, 0.15) is 0 Å². The van der Waals surface area contributed by atoms with Gasteiger partial charge in [-0.1, -0.05) is 32.0 Å². The van der Waals surface area contributed by atoms with Crippen LogP contribution >= 0.6 is 0 Å². The molecule has 0 bridgehead atoms. The number of aromatic nitrogens is 1. The van der Waals surface area contributed by atoms with Gasteiger partial charge in [-0.3, -0.25) is 4.98 Å². The Labute approximate surface area is 115 Å². The number of aryl methyl sites for hydroxylation is 1. The lowest BCUT2D eigenvalue weighted by Gasteiger charge is -2.17. The third-order valence-electron chi connectivity index (χ3n) is 3.17. The maximum Gasteiger partial charge on any atom is 0.0725 e. The first-order valence-electron chi connectivity index (χ1n) is 6.92. The van der Waals surface area contributed by atoms with Gasteiger partial charge in [0.05, 0.1) is 5.52 Å². The summed E-state index contributed by atoms with van der Waals surface area (Å²) in [6.45, 7) is 7.22. The second-order valence-electron chi connectivity index (χ2n) is 5.60. The fourth-order valence-electron chi connectivity index (χ4n) is 2.38. The van der Waals surface area contributed by atoms with Crippen molar-refractivity contribution in [1.29, 1.82) is 0 Å². The summed E-state index contributed by atoms with van der Waals surface area (Å²) in [5.74, 6) is 0.632. The fraction of sp³-hybridized carbons (Fsp3) is 0.438. The molecule has 0 radical (unpaired) electrons. The molecule has 2 aromatic rings. The van der Waals surface area contributed by atoms with Gasteiger partial charge >= 0.3 is 0 Å². The number of hydrogen-bond donors (Lipinski definition) is 2. The highest BCUT2D eigenvalue weighted by atomic mass is 14.9. The quantitative estimate of drug-likeness (QED) is 0.864. The Hall–Kier alpha value is -1.61. The highest BCUT2D eigenvalue weighted by Gasteiger charge is 2.07. The number of para-hydroxylation sites is 1. The number of nitrogens with one attached hydrogen (secondary N) is 1. The molecule has 0 fully saturated rings. The summed E-state index contributed by atoms with van der Waals surface area (Å²) >= 11 is 0. The Bertz CT molecular complexity index is 549. The van der Waals surface area contributed by atoms with E-state index in [4.69, 9.17) is 5.73 Å². The highest BCUT2D eigenvalue weighted by molar-refractivity contribution is 5.91. The summed E-state index contributed by atoms with van der Waals surface area (Å²) < 4.78 is 0. The van der Waals surface area contributed by atoms with Crippen LogP contribution in [0.5, 0.6) is 0 Å². The largest absolute Gasteiger partial charge is 0.383 e. The van der Waals surface area contributed by atoms with E-state index in [1.165, 1.54) is 0 Å². The van der Waals surface area contributed by atoms with Crippen molar-refractivity contribution in [1.82, 2.24) is 4.98 Å². The minimum Gasteiger partial charge on any atom is -0.383 e. The molecule has 3 heteroatoms. The molecule has 0 saturated heterocycles. The van der Waals surface area contributed by atoms with Gasteiger partial charge in [0.25, 0.3) is 0 Å². The average molecular weight is 257 g/mol. The Morgan fingerprint density at radius 3 is 2.74 bits per heavy atom. The van der Waals surface area contributed by atoms with Crippen LogP contribution in [0.3, 0.4) is 0 Å². The van der Waals surface area contributed by atoms with Gasteiger partial charge in [-0.25, -0.2) is 0 Å². The molecule has 3 nitrogen and oxygen atoms in total. The van der Waals surface area contributed by atoms with Crippen LogP contribution in [-0.4, -0.2) is 17.6 Å². The van der Waals surface area contributed by atoms with Crippen molar-refractivity contribution in [2.24, 2.45) is 11.7 Å². The number of hydrogen-bond acceptors (Lipinski definition) is 3. The summed E-state index contributed by atoms with van der Waals surface area (Å²) in [5, 5.41) is 4.63. The molecule has 0 aliphatic heterocycles. The van der Waals surface area contributed by atoms with Gasteiger partial charge in [0.2, 0.25) is 0 Å². The summed E-state index contributed by atoms with van der Waals surface area (Å²) in [5.41, 5.74) is 9.31. The molecular weight excluding hydrogens is 234 g/mol. The first kappa shape index (κ1) is 13.8. The van der Waals surface area contributed by atoms with Gasteiger partial charge < -0.3 is 11.1 Å². The molecule has 0 saturated carbocycles. The minimum atomic E-state index is 0.187. The molecule has 0 spiro atoms. The Kier molecular flexibility index (Phi) is 4.38. The van der Waals surface area contributed by atoms with E-state index in [1.807, 2.05) is 25.1 Å². The molecular formula is C16H23N3. The second-order valence-corrected chi connectivity index (χ2v) is 5.60. The molecule has 3 N–H and O–H groups in total. The zero-order valence-corrected chi connectivity index (χ0v) is 12.0. The molecule has 0 aliphatic carbocycles. The average Bonchev–Trinajstić information content (AvgIpc) is 2.35. The number of benzene rings is 1. The molecule has 1 atom stereocenters. The van der Waals surface area contributed by atoms with Crippen LogP contribution in [0.2, 0.25) is 0 Å². The number of nitrogens with zero attached hydrogens (tertiary/aromatic N) is 1. The zero-order valence-electron chi connectivity index (χ0n) is 12.0. The molecule has 19 heavy (non-hydrogen) atoms. The third kappa shape index (κ3) is 3.67. The lowest BCUT2D eigenvalue weighted by atomic mass is 10.0. The van der Waals surface area contributed by atoms with E-state index in [0.717, 1.165) is 35.2 Å². The fourth-order valence-corrected chi connectivity index (χ4v) is 2.38. The number of nitrogens with two attached hydrogens (primary N) is 1. The predicted molar refractivity (Wildman–Crippen MR) is 82.4 cm³/mol. The lowest BCUT2D eigenvalue weighted by Crippen LogP contribution is -2.30. The summed E-state index contributed by atoms with van der Waals surface area (Å²) in [4.78, 5) is 4.54. The Balaban J connectivity index is 2.16. The van der Waals surface area contributed by atoms with Gasteiger partial charge in [-0.05, 0) is 31.4 Å². The molecule has 0 amide bonds. The third-order valence-corrected chi connectivity index (χ3v) is 3.17. The van der Waals surface area contributed by atoms with Crippen molar-refractivity contribution in [3.63, 3.8) is 0 Å². The second kappa shape index (κ2) is 6.02. The van der Waals surface area contributed by atoms with Crippen LogP contribution in [0.1, 0.15) is 26.0 Å². The van der Waals surface area contributed by atoms with E-state index in [9.17, 15) is 0 Å². The van der Waals surface area contributed by atoms with E-state index in [-0.39, 0.29) is 6.04 Å². The van der Waals surface area contributed by atoms with E-state index in [1.54, 1.807) is 0 Å². The number of rotatable bonds is 5. The smallest absolute Gasteiger partial charge is 0.0725 e. The molecule has 1 aromatic heterocycles. The van der Waals surface area contributed by atoms with E-state index >= 15 is 0 Å². The monoisotopic (exact) mass is 257 g/mol. The van der Waals surface area contributed by atoms with Gasteiger partial charge in [0.15, 0.2) is 0 Å². The predicted octanol–water partition coefficient (Wildman–Crippen LogP) is 3.33. The first-order valence-corrected chi connectivity index (χ1v) is 6.92. The molecule has 1 aromatic carbocycles. The van der Waals surface area contributed by atoms with E-state index < -0.39 is 0 Å². The van der Waals surface area contributed by atoms with Crippen molar-refractivity contribution >= 4 is 16.6 Å². The number of fused-ring (bicyclic) bond motifs is 1. The van der Waals surface area contributed by atoms with Crippen LogP contribution < -0.4 is 11.1 Å². The SMILES string of the molecule is Cc1cc(NCC(N)CC(C)C)c2ccccc2n1. The van der Waals surface area contributed by atoms with Crippen LogP contribution in [0.15, 0.2) is 30.3 Å². The molecule has 2 rings (SSSR count). The lowest BCUT2D eigenvalue weighted by molar-refractivity contribution is 0.508. The summed E-state index contributed by atoms with van der Waals surface area (Å²) in [7, 11) is 0. The number of pyridine rings is 1. The standard InChI is InChI=1S/C16H23N3/c1-11(2)8-13(17)10-18-16-9-12(3)19-15-7-5-4-6-14(15)16/h4-7,9,11,13H,8,10,17H2,1-3H3,(H,18,19). The highest BCUT2D eigenvalue weighted by Crippen LogP contribution is 2.22. The van der Waals surface area contributed by atoms with Crippen molar-refractivity contribution < 1.29 is 0 Å². The van der Waals surface area contributed by atoms with Gasteiger partial charge in [0, 0.05) is 29.4 Å². The van der Waals surface area contributed by atoms with Gasteiger partial charge in [-0.2, -0.15) is 0 Å². The van der Waals surface area contributed by atoms with E-state index in [2.05, 4.69) is 36.3 Å². The van der Waals surface area contributed by atoms with Crippen LogP contribution in [0.25, 0.3) is 10.9 Å². The maximum atomic E-state index is 6.13. The van der Waals surface area contributed by atoms with Crippen LogP contribution in [-0.2, 0) is 0 Å². The van der Waals surface area contributed by atoms with Crippen molar-refractivity contribution in [3.8, 4) is 0 Å². The maximum absolute atomic E-state index is 6.13. The van der Waals surface area contributed by atoms with Crippen LogP contribution in [0, 0.1) is 12.8 Å².